The quantitative estimate of drug-likeness (QED) is 0.252. The van der Waals surface area contributed by atoms with E-state index >= 15 is 0 Å². The maximum Gasteiger partial charge on any atom is 0.407 e. The summed E-state index contributed by atoms with van der Waals surface area (Å²) in [6, 6.07) is 3.44. The highest BCUT2D eigenvalue weighted by Gasteiger charge is 2.22. The van der Waals surface area contributed by atoms with Gasteiger partial charge in [0.15, 0.2) is 5.96 Å². The first-order valence-electron chi connectivity index (χ1n) is 10.2. The van der Waals surface area contributed by atoms with Crippen LogP contribution in [0.3, 0.4) is 0 Å². The minimum atomic E-state index is -0.788. The Balaban J connectivity index is 0.00000841. The SMILES string of the molecule is CCNC(=NCC(O)c1ccco1)N(C)CCC(NC(=O)OC(C)(C)C)C(C)C.I. The van der Waals surface area contributed by atoms with E-state index in [1.165, 1.54) is 6.26 Å². The number of aliphatic hydroxyl groups excluding tert-OH is 1. The lowest BCUT2D eigenvalue weighted by atomic mass is 10.0. The monoisotopic (exact) mass is 538 g/mol. The van der Waals surface area contributed by atoms with E-state index in [0.29, 0.717) is 24.8 Å². The number of alkyl carbamates (subject to hydrolysis) is 1. The van der Waals surface area contributed by atoms with Crippen LogP contribution in [0.2, 0.25) is 0 Å². The van der Waals surface area contributed by atoms with Gasteiger partial charge in [-0.2, -0.15) is 0 Å². The van der Waals surface area contributed by atoms with E-state index in [2.05, 4.69) is 29.5 Å². The molecule has 1 aromatic rings. The molecule has 2 atom stereocenters. The Kier molecular flexibility index (Phi) is 13.1. The Labute approximate surface area is 197 Å². The number of guanidine groups is 1. The first kappa shape index (κ1) is 28.5. The van der Waals surface area contributed by atoms with Gasteiger partial charge in [-0.1, -0.05) is 13.8 Å². The number of furan rings is 1. The van der Waals surface area contributed by atoms with Gasteiger partial charge in [0.1, 0.15) is 17.5 Å². The number of hydrogen-bond acceptors (Lipinski definition) is 5. The van der Waals surface area contributed by atoms with Crippen molar-refractivity contribution in [3.05, 3.63) is 24.2 Å². The standard InChI is InChI=1S/C21H38N4O4.HI/c1-8-22-19(23-14-17(26)18-10-9-13-28-18)25(7)12-11-16(15(2)3)24-20(27)29-21(4,5)6;/h9-10,13,15-17,26H,8,11-12,14H2,1-7H3,(H,22,23)(H,24,27);1H. The summed E-state index contributed by atoms with van der Waals surface area (Å²) in [7, 11) is 1.94. The van der Waals surface area contributed by atoms with E-state index in [4.69, 9.17) is 9.15 Å². The maximum absolute atomic E-state index is 12.1. The number of ether oxygens (including phenoxy) is 1. The van der Waals surface area contributed by atoms with Crippen LogP contribution in [-0.2, 0) is 4.74 Å². The molecular weight excluding hydrogens is 499 g/mol. The topological polar surface area (TPSA) is 99.3 Å². The number of hydrogen-bond donors (Lipinski definition) is 3. The summed E-state index contributed by atoms with van der Waals surface area (Å²) in [5.74, 6) is 1.45. The van der Waals surface area contributed by atoms with Crippen LogP contribution < -0.4 is 10.6 Å². The van der Waals surface area contributed by atoms with E-state index in [1.807, 2.05) is 39.6 Å². The van der Waals surface area contributed by atoms with Crippen LogP contribution in [0.25, 0.3) is 0 Å². The lowest BCUT2D eigenvalue weighted by molar-refractivity contribution is 0.0485. The zero-order valence-electron chi connectivity index (χ0n) is 19.3. The van der Waals surface area contributed by atoms with Gasteiger partial charge in [0.2, 0.25) is 0 Å². The van der Waals surface area contributed by atoms with Gasteiger partial charge in [-0.25, -0.2) is 9.79 Å². The molecular formula is C21H39IN4O4. The van der Waals surface area contributed by atoms with E-state index < -0.39 is 17.8 Å². The van der Waals surface area contributed by atoms with Crippen molar-refractivity contribution in [2.45, 2.75) is 65.7 Å². The summed E-state index contributed by atoms with van der Waals surface area (Å²) < 4.78 is 10.6. The fourth-order valence-electron chi connectivity index (χ4n) is 2.68. The van der Waals surface area contributed by atoms with Gasteiger partial charge in [0.05, 0.1) is 12.8 Å². The Morgan fingerprint density at radius 2 is 2.03 bits per heavy atom. The van der Waals surface area contributed by atoms with Crippen molar-refractivity contribution in [2.75, 3.05) is 26.7 Å². The molecule has 0 bridgehead atoms. The van der Waals surface area contributed by atoms with Crippen LogP contribution in [-0.4, -0.2) is 60.4 Å². The number of aliphatic hydroxyl groups is 1. The predicted molar refractivity (Wildman–Crippen MR) is 130 cm³/mol. The van der Waals surface area contributed by atoms with Crippen LogP contribution in [0.15, 0.2) is 27.8 Å². The van der Waals surface area contributed by atoms with Crippen molar-refractivity contribution in [3.63, 3.8) is 0 Å². The summed E-state index contributed by atoms with van der Waals surface area (Å²) in [4.78, 5) is 18.6. The fraction of sp³-hybridized carbons (Fsp3) is 0.714. The number of aliphatic imine (C=N–C) groups is 1. The lowest BCUT2D eigenvalue weighted by Gasteiger charge is -2.28. The Bertz CT molecular complexity index is 629. The van der Waals surface area contributed by atoms with Gasteiger partial charge in [-0.05, 0) is 52.2 Å². The molecule has 0 aliphatic heterocycles. The van der Waals surface area contributed by atoms with Gasteiger partial charge >= 0.3 is 6.09 Å². The third-order valence-electron chi connectivity index (χ3n) is 4.26. The van der Waals surface area contributed by atoms with Crippen molar-refractivity contribution in [1.82, 2.24) is 15.5 Å². The number of amides is 1. The Morgan fingerprint density at radius 3 is 2.53 bits per heavy atom. The molecule has 30 heavy (non-hydrogen) atoms. The van der Waals surface area contributed by atoms with Crippen molar-refractivity contribution in [2.24, 2.45) is 10.9 Å². The molecule has 2 unspecified atom stereocenters. The third kappa shape index (κ3) is 11.1. The fourth-order valence-corrected chi connectivity index (χ4v) is 2.68. The molecule has 0 aromatic carbocycles. The molecule has 3 N–H and O–H groups in total. The van der Waals surface area contributed by atoms with Gasteiger partial charge in [0.25, 0.3) is 0 Å². The van der Waals surface area contributed by atoms with Crippen LogP contribution >= 0.6 is 24.0 Å². The van der Waals surface area contributed by atoms with Gasteiger partial charge in [-0.15, -0.1) is 24.0 Å². The molecule has 0 saturated carbocycles. The van der Waals surface area contributed by atoms with Gasteiger partial charge in [-0.3, -0.25) is 0 Å². The summed E-state index contributed by atoms with van der Waals surface area (Å²) >= 11 is 0. The second-order valence-corrected chi connectivity index (χ2v) is 8.43. The molecule has 8 nitrogen and oxygen atoms in total. The molecule has 1 rings (SSSR count). The average Bonchev–Trinajstić information content (AvgIpc) is 3.14. The minimum Gasteiger partial charge on any atom is -0.467 e. The minimum absolute atomic E-state index is 0. The third-order valence-corrected chi connectivity index (χ3v) is 4.26. The smallest absolute Gasteiger partial charge is 0.407 e. The number of halogens is 1. The zero-order valence-corrected chi connectivity index (χ0v) is 21.6. The largest absolute Gasteiger partial charge is 0.467 e. The second-order valence-electron chi connectivity index (χ2n) is 8.43. The number of nitrogens with one attached hydrogen (secondary N) is 2. The molecule has 0 radical (unpaired) electrons. The first-order chi connectivity index (χ1) is 13.5. The van der Waals surface area contributed by atoms with E-state index in [0.717, 1.165) is 6.42 Å². The van der Waals surface area contributed by atoms with Crippen LogP contribution in [0.5, 0.6) is 0 Å². The molecule has 9 heteroatoms. The lowest BCUT2D eigenvalue weighted by Crippen LogP contribution is -2.45. The van der Waals surface area contributed by atoms with E-state index in [1.54, 1.807) is 12.1 Å². The maximum atomic E-state index is 12.1. The van der Waals surface area contributed by atoms with Crippen molar-refractivity contribution >= 4 is 36.0 Å². The molecule has 0 fully saturated rings. The molecule has 0 saturated heterocycles. The number of rotatable bonds is 9. The van der Waals surface area contributed by atoms with Gasteiger partial charge in [0, 0.05) is 26.2 Å². The summed E-state index contributed by atoms with van der Waals surface area (Å²) in [6.07, 6.45) is 1.08. The number of carbonyl (C=O) groups is 1. The van der Waals surface area contributed by atoms with Crippen LogP contribution in [0, 0.1) is 5.92 Å². The van der Waals surface area contributed by atoms with Crippen molar-refractivity contribution in [3.8, 4) is 0 Å². The first-order valence-corrected chi connectivity index (χ1v) is 10.2. The Hall–Kier alpha value is -1.49. The summed E-state index contributed by atoms with van der Waals surface area (Å²) in [5.41, 5.74) is -0.526. The highest BCUT2D eigenvalue weighted by Crippen LogP contribution is 2.14. The molecule has 0 spiro atoms. The van der Waals surface area contributed by atoms with Crippen molar-refractivity contribution < 1.29 is 19.1 Å². The zero-order chi connectivity index (χ0) is 22.0. The van der Waals surface area contributed by atoms with E-state index in [-0.39, 0.29) is 42.5 Å². The molecule has 0 aliphatic carbocycles. The highest BCUT2D eigenvalue weighted by molar-refractivity contribution is 14.0. The molecule has 0 aliphatic rings. The second kappa shape index (κ2) is 13.7. The number of nitrogens with zero attached hydrogens (tertiary/aromatic N) is 2. The van der Waals surface area contributed by atoms with Crippen LogP contribution in [0.4, 0.5) is 4.79 Å². The van der Waals surface area contributed by atoms with Gasteiger partial charge < -0.3 is 29.8 Å². The number of carbonyl (C=O) groups excluding carboxylic acids is 1. The molecule has 1 amide bonds. The van der Waals surface area contributed by atoms with E-state index in [9.17, 15) is 9.90 Å². The molecule has 1 aromatic heterocycles. The Morgan fingerprint density at radius 1 is 1.37 bits per heavy atom. The van der Waals surface area contributed by atoms with Crippen LogP contribution in [0.1, 0.15) is 59.8 Å². The van der Waals surface area contributed by atoms with Crippen molar-refractivity contribution in [1.29, 1.82) is 0 Å². The molecule has 174 valence electrons. The summed E-state index contributed by atoms with van der Waals surface area (Å²) in [5, 5.41) is 16.4. The molecule has 1 heterocycles. The highest BCUT2D eigenvalue weighted by atomic mass is 127. The normalized spacial score (nSPS) is 14.0. The summed E-state index contributed by atoms with van der Waals surface area (Å²) in [6.45, 7) is 13.3. The average molecular weight is 538 g/mol. The predicted octanol–water partition coefficient (Wildman–Crippen LogP) is 3.77.